The van der Waals surface area contributed by atoms with Crippen molar-refractivity contribution in [1.29, 1.82) is 0 Å². The Balaban J connectivity index is 1.19. The van der Waals surface area contributed by atoms with E-state index in [1.807, 2.05) is 4.90 Å². The normalized spacial score (nSPS) is 18.1. The van der Waals surface area contributed by atoms with Crippen LogP contribution < -0.4 is 0 Å². The lowest BCUT2D eigenvalue weighted by Crippen LogP contribution is -2.54. The van der Waals surface area contributed by atoms with Crippen LogP contribution in [0.2, 0.25) is 5.02 Å². The van der Waals surface area contributed by atoms with Crippen LogP contribution in [0.25, 0.3) is 10.1 Å². The molecule has 1 N–H and O–H groups in total. The second kappa shape index (κ2) is 8.36. The molecule has 0 atom stereocenters. The summed E-state index contributed by atoms with van der Waals surface area (Å²) in [5, 5.41) is 0.683. The Morgan fingerprint density at radius 2 is 1.76 bits per heavy atom. The maximum atomic E-state index is 13.0. The Kier molecular flexibility index (Phi) is 5.64. The number of hydrogen-bond donors (Lipinski definition) is 1. The number of rotatable bonds is 3. The number of fused-ring (bicyclic) bond motifs is 1. The van der Waals surface area contributed by atoms with Gasteiger partial charge in [0.05, 0.1) is 10.6 Å². The minimum absolute atomic E-state index is 0.0111. The summed E-state index contributed by atoms with van der Waals surface area (Å²) in [6.45, 7) is 2.59. The monoisotopic (exact) mass is 495 g/mol. The van der Waals surface area contributed by atoms with E-state index in [1.165, 1.54) is 6.07 Å². The molecule has 10 heteroatoms. The molecular weight excluding hydrogens is 475 g/mol. The van der Waals surface area contributed by atoms with Crippen molar-refractivity contribution in [2.24, 2.45) is 11.8 Å². The molecule has 2 aliphatic rings. The maximum absolute atomic E-state index is 13.0. The van der Waals surface area contributed by atoms with Gasteiger partial charge in [0.15, 0.2) is 0 Å². The molecule has 5 nitrogen and oxygen atoms in total. The third-order valence-electron chi connectivity index (χ3n) is 6.67. The van der Waals surface area contributed by atoms with Gasteiger partial charge >= 0.3 is 6.18 Å². The van der Waals surface area contributed by atoms with Gasteiger partial charge in [-0.3, -0.25) is 9.59 Å². The lowest BCUT2D eigenvalue weighted by atomic mass is 9.79. The molecule has 0 spiro atoms. The number of aromatic nitrogens is 1. The minimum atomic E-state index is -4.44. The molecule has 2 aliphatic heterocycles. The molecule has 2 amide bonds. The number of benzene rings is 1. The van der Waals surface area contributed by atoms with Crippen molar-refractivity contribution in [3.05, 3.63) is 57.7 Å². The van der Waals surface area contributed by atoms with Crippen molar-refractivity contribution < 1.29 is 22.8 Å². The number of aromatic amines is 1. The summed E-state index contributed by atoms with van der Waals surface area (Å²) in [6, 6.07) is 6.94. The number of thiophene rings is 1. The minimum Gasteiger partial charge on any atom is -0.357 e. The predicted octanol–water partition coefficient (Wildman–Crippen LogP) is 5.53. The van der Waals surface area contributed by atoms with Crippen molar-refractivity contribution in [3.63, 3.8) is 0 Å². The fourth-order valence-electron chi connectivity index (χ4n) is 4.71. The molecule has 2 saturated heterocycles. The fraction of sp³-hybridized carbons (Fsp3) is 0.391. The molecule has 0 aliphatic carbocycles. The molecule has 174 valence electrons. The first-order chi connectivity index (χ1) is 15.7. The van der Waals surface area contributed by atoms with Crippen LogP contribution in [0, 0.1) is 11.8 Å². The summed E-state index contributed by atoms with van der Waals surface area (Å²) in [6.07, 6.45) is -0.925. The van der Waals surface area contributed by atoms with E-state index in [1.54, 1.807) is 23.2 Å². The van der Waals surface area contributed by atoms with Crippen LogP contribution in [-0.2, 0) is 6.18 Å². The standard InChI is InChI=1S/C23H21ClF3N3O2S/c24-19-16-4-3-15(23(25,26)27)10-18(16)33-20(19)22(32)30-11-14(12-30)13-5-8-29(9-6-13)21(31)17-2-1-7-28-17/h1-4,7,10,13-14,28H,5-6,8-9,11-12H2. The Morgan fingerprint density at radius 1 is 1.03 bits per heavy atom. The third-order valence-corrected chi connectivity index (χ3v) is 8.32. The second-order valence-corrected chi connectivity index (χ2v) is 10.1. The Labute approximate surface area is 197 Å². The zero-order valence-electron chi connectivity index (χ0n) is 17.5. The number of H-pyrrole nitrogens is 1. The molecule has 4 heterocycles. The number of likely N-dealkylation sites (tertiary alicyclic amines) is 2. The molecule has 2 aromatic heterocycles. The van der Waals surface area contributed by atoms with Gasteiger partial charge in [-0.2, -0.15) is 13.2 Å². The number of piperidine rings is 1. The number of halogens is 4. The number of carbonyl (C=O) groups excluding carboxylic acids is 2. The summed E-state index contributed by atoms with van der Waals surface area (Å²) in [5.74, 6) is 0.581. The van der Waals surface area contributed by atoms with E-state index in [0.29, 0.717) is 53.8 Å². The van der Waals surface area contributed by atoms with Gasteiger partial charge in [-0.15, -0.1) is 11.3 Å². The first-order valence-electron chi connectivity index (χ1n) is 10.7. The third kappa shape index (κ3) is 4.12. The molecule has 3 aromatic rings. The molecule has 0 radical (unpaired) electrons. The number of nitrogens with zero attached hydrogens (tertiary/aromatic N) is 2. The van der Waals surface area contributed by atoms with Gasteiger partial charge < -0.3 is 14.8 Å². The molecule has 5 rings (SSSR count). The molecule has 2 fully saturated rings. The Morgan fingerprint density at radius 3 is 2.39 bits per heavy atom. The van der Waals surface area contributed by atoms with Gasteiger partial charge in [0.2, 0.25) is 0 Å². The topological polar surface area (TPSA) is 56.4 Å². The van der Waals surface area contributed by atoms with Gasteiger partial charge in [-0.05, 0) is 48.9 Å². The van der Waals surface area contributed by atoms with Crippen molar-refractivity contribution >= 4 is 44.8 Å². The average molecular weight is 496 g/mol. The zero-order chi connectivity index (χ0) is 23.3. The summed E-state index contributed by atoms with van der Waals surface area (Å²) >= 11 is 7.37. The van der Waals surface area contributed by atoms with Gasteiger partial charge in [0.25, 0.3) is 11.8 Å². The molecular formula is C23H21ClF3N3O2S. The largest absolute Gasteiger partial charge is 0.416 e. The number of nitrogens with one attached hydrogen (secondary N) is 1. The Bertz CT molecular complexity index is 1190. The smallest absolute Gasteiger partial charge is 0.357 e. The van der Waals surface area contributed by atoms with Crippen LogP contribution >= 0.6 is 22.9 Å². The van der Waals surface area contributed by atoms with Crippen LogP contribution in [0.3, 0.4) is 0 Å². The number of alkyl halides is 3. The van der Waals surface area contributed by atoms with Gasteiger partial charge in [0, 0.05) is 42.5 Å². The highest BCUT2D eigenvalue weighted by Gasteiger charge is 2.39. The van der Waals surface area contributed by atoms with Crippen LogP contribution in [0.4, 0.5) is 13.2 Å². The van der Waals surface area contributed by atoms with Crippen LogP contribution in [0.1, 0.15) is 38.6 Å². The molecule has 0 bridgehead atoms. The van der Waals surface area contributed by atoms with Crippen molar-refractivity contribution in [2.45, 2.75) is 19.0 Å². The summed E-state index contributed by atoms with van der Waals surface area (Å²) in [7, 11) is 0. The van der Waals surface area contributed by atoms with E-state index in [0.717, 1.165) is 36.3 Å². The fourth-order valence-corrected chi connectivity index (χ4v) is 6.23. The highest BCUT2D eigenvalue weighted by molar-refractivity contribution is 7.21. The maximum Gasteiger partial charge on any atom is 0.416 e. The van der Waals surface area contributed by atoms with Gasteiger partial charge in [-0.1, -0.05) is 17.7 Å². The van der Waals surface area contributed by atoms with E-state index >= 15 is 0 Å². The summed E-state index contributed by atoms with van der Waals surface area (Å²) in [5.41, 5.74) is -0.159. The average Bonchev–Trinajstić information content (AvgIpc) is 3.40. The highest BCUT2D eigenvalue weighted by atomic mass is 35.5. The Hall–Kier alpha value is -2.52. The van der Waals surface area contributed by atoms with Crippen molar-refractivity contribution in [1.82, 2.24) is 14.8 Å². The second-order valence-electron chi connectivity index (χ2n) is 8.64. The quantitative estimate of drug-likeness (QED) is 0.519. The van der Waals surface area contributed by atoms with Crippen molar-refractivity contribution in [3.8, 4) is 0 Å². The zero-order valence-corrected chi connectivity index (χ0v) is 19.1. The first-order valence-corrected chi connectivity index (χ1v) is 11.9. The van der Waals surface area contributed by atoms with E-state index in [-0.39, 0.29) is 21.7 Å². The highest BCUT2D eigenvalue weighted by Crippen LogP contribution is 2.41. The molecule has 0 saturated carbocycles. The van der Waals surface area contributed by atoms with Gasteiger partial charge in [0.1, 0.15) is 10.6 Å². The van der Waals surface area contributed by atoms with E-state index < -0.39 is 11.7 Å². The molecule has 1 aromatic carbocycles. The molecule has 33 heavy (non-hydrogen) atoms. The van der Waals surface area contributed by atoms with E-state index in [9.17, 15) is 22.8 Å². The summed E-state index contributed by atoms with van der Waals surface area (Å²) < 4.78 is 39.4. The lowest BCUT2D eigenvalue weighted by molar-refractivity contribution is -0.137. The predicted molar refractivity (Wildman–Crippen MR) is 121 cm³/mol. The lowest BCUT2D eigenvalue weighted by Gasteiger charge is -2.46. The summed E-state index contributed by atoms with van der Waals surface area (Å²) in [4.78, 5) is 32.2. The molecule has 0 unspecified atom stereocenters. The van der Waals surface area contributed by atoms with Crippen LogP contribution in [0.5, 0.6) is 0 Å². The first kappa shape index (κ1) is 22.3. The van der Waals surface area contributed by atoms with E-state index in [2.05, 4.69) is 4.98 Å². The van der Waals surface area contributed by atoms with Gasteiger partial charge in [-0.25, -0.2) is 0 Å². The van der Waals surface area contributed by atoms with Crippen LogP contribution in [0.15, 0.2) is 36.5 Å². The van der Waals surface area contributed by atoms with Crippen LogP contribution in [-0.4, -0.2) is 52.8 Å². The number of amides is 2. The number of hydrogen-bond acceptors (Lipinski definition) is 3. The number of carbonyl (C=O) groups is 2. The van der Waals surface area contributed by atoms with Crippen molar-refractivity contribution in [2.75, 3.05) is 26.2 Å². The SMILES string of the molecule is O=C(c1ccc[nH]1)N1CCC(C2CN(C(=O)c3sc4cc(C(F)(F)F)ccc4c3Cl)C2)CC1. The van der Waals surface area contributed by atoms with E-state index in [4.69, 9.17) is 11.6 Å².